The van der Waals surface area contributed by atoms with Gasteiger partial charge in [-0.3, -0.25) is 0 Å². The number of benzene rings is 1. The minimum absolute atomic E-state index is 0.119. The molecule has 0 unspecified atom stereocenters. The van der Waals surface area contributed by atoms with Gasteiger partial charge in [-0.15, -0.1) is 0 Å². The van der Waals surface area contributed by atoms with Crippen molar-refractivity contribution in [1.29, 1.82) is 0 Å². The van der Waals surface area contributed by atoms with Gasteiger partial charge in [0.25, 0.3) is 0 Å². The number of ether oxygens (including phenoxy) is 1. The van der Waals surface area contributed by atoms with Gasteiger partial charge in [0, 0.05) is 5.02 Å². The van der Waals surface area contributed by atoms with E-state index in [2.05, 4.69) is 9.53 Å². The van der Waals surface area contributed by atoms with Gasteiger partial charge in [0.05, 0.1) is 0 Å². The summed E-state index contributed by atoms with van der Waals surface area (Å²) in [6.07, 6.45) is 4.15. The molecule has 0 bridgehead atoms. The number of hydrogen-bond acceptors (Lipinski definition) is 2. The molecule has 4 nitrogen and oxygen atoms in total. The third kappa shape index (κ3) is 4.55. The number of hydrogen-bond donors (Lipinski definition) is 0. The van der Waals surface area contributed by atoms with Gasteiger partial charge in [-0.1, -0.05) is 29.8 Å². The first-order chi connectivity index (χ1) is 7.72. The standard InChI is InChI=1S/C11H9ClN2O2/c12-10-5-3-9(4-6-10)2-1-7-16-11(15)8-14-13/h1-6,8H,7H2/b2-1+. The average molecular weight is 237 g/mol. The molecule has 16 heavy (non-hydrogen) atoms. The monoisotopic (exact) mass is 236 g/mol. The fraction of sp³-hybridized carbons (Fsp3) is 0.0909. The van der Waals surface area contributed by atoms with Crippen LogP contribution in [0.5, 0.6) is 0 Å². The largest absolute Gasteiger partial charge is 0.453 e. The first kappa shape index (κ1) is 12.2. The predicted molar refractivity (Wildman–Crippen MR) is 61.1 cm³/mol. The van der Waals surface area contributed by atoms with E-state index in [1.807, 2.05) is 12.1 Å². The lowest BCUT2D eigenvalue weighted by Gasteiger charge is -1.94. The minimum Gasteiger partial charge on any atom is -0.453 e. The van der Waals surface area contributed by atoms with Crippen molar-refractivity contribution in [3.8, 4) is 0 Å². The van der Waals surface area contributed by atoms with Crippen molar-refractivity contribution in [2.75, 3.05) is 6.61 Å². The third-order valence-corrected chi connectivity index (χ3v) is 1.92. The number of rotatable bonds is 4. The van der Waals surface area contributed by atoms with Crippen LogP contribution in [0.4, 0.5) is 0 Å². The van der Waals surface area contributed by atoms with Crippen LogP contribution in [-0.4, -0.2) is 23.6 Å². The molecule has 5 heteroatoms. The highest BCUT2D eigenvalue weighted by atomic mass is 35.5. The molecule has 1 rings (SSSR count). The fourth-order valence-corrected chi connectivity index (χ4v) is 1.10. The Morgan fingerprint density at radius 2 is 2.12 bits per heavy atom. The maximum absolute atomic E-state index is 10.7. The number of carbonyl (C=O) groups excluding carboxylic acids is 1. The second kappa shape index (κ2) is 6.56. The van der Waals surface area contributed by atoms with Gasteiger partial charge in [0.1, 0.15) is 6.61 Å². The van der Waals surface area contributed by atoms with Gasteiger partial charge < -0.3 is 10.3 Å². The summed E-state index contributed by atoms with van der Waals surface area (Å²) in [5.41, 5.74) is 8.99. The number of halogens is 1. The Morgan fingerprint density at radius 3 is 2.75 bits per heavy atom. The SMILES string of the molecule is [N-]=[N+]=CC(=O)OC/C=C/c1ccc(Cl)cc1. The second-order valence-electron chi connectivity index (χ2n) is 2.83. The lowest BCUT2D eigenvalue weighted by molar-refractivity contribution is -0.137. The summed E-state index contributed by atoms with van der Waals surface area (Å²) in [4.78, 5) is 13.3. The maximum Gasteiger partial charge on any atom is 0.413 e. The van der Waals surface area contributed by atoms with Crippen molar-refractivity contribution in [2.24, 2.45) is 0 Å². The van der Waals surface area contributed by atoms with Crippen molar-refractivity contribution in [1.82, 2.24) is 0 Å². The molecular formula is C11H9ClN2O2. The molecule has 0 aromatic heterocycles. The molecule has 0 aliphatic heterocycles. The van der Waals surface area contributed by atoms with Gasteiger partial charge in [0.2, 0.25) is 0 Å². The van der Waals surface area contributed by atoms with E-state index in [1.54, 1.807) is 24.3 Å². The molecule has 1 aromatic rings. The lowest BCUT2D eigenvalue weighted by Crippen LogP contribution is -2.05. The van der Waals surface area contributed by atoms with Gasteiger partial charge in [-0.05, 0) is 23.8 Å². The molecule has 0 N–H and O–H groups in total. The topological polar surface area (TPSA) is 62.7 Å². The van der Waals surface area contributed by atoms with Crippen molar-refractivity contribution < 1.29 is 14.3 Å². The molecule has 82 valence electrons. The molecule has 0 aliphatic carbocycles. The molecule has 0 fully saturated rings. The van der Waals surface area contributed by atoms with Gasteiger partial charge >= 0.3 is 12.2 Å². The van der Waals surface area contributed by atoms with Crippen LogP contribution in [0.15, 0.2) is 30.3 Å². The van der Waals surface area contributed by atoms with E-state index in [0.717, 1.165) is 5.56 Å². The highest BCUT2D eigenvalue weighted by Crippen LogP contribution is 2.10. The molecule has 0 aliphatic rings. The summed E-state index contributed by atoms with van der Waals surface area (Å²) in [6, 6.07) is 7.23. The van der Waals surface area contributed by atoms with E-state index in [-0.39, 0.29) is 6.61 Å². The van der Waals surface area contributed by atoms with E-state index in [9.17, 15) is 4.79 Å². The minimum atomic E-state index is -0.691. The van der Waals surface area contributed by atoms with Crippen LogP contribution in [-0.2, 0) is 9.53 Å². The molecule has 0 spiro atoms. The molecule has 0 amide bonds. The van der Waals surface area contributed by atoms with Gasteiger partial charge in [-0.2, -0.15) is 4.79 Å². The van der Waals surface area contributed by atoms with E-state index in [4.69, 9.17) is 17.1 Å². The Hall–Kier alpha value is -1.90. The first-order valence-corrected chi connectivity index (χ1v) is 4.86. The molecule has 1 aromatic carbocycles. The van der Waals surface area contributed by atoms with E-state index in [1.165, 1.54) is 0 Å². The molecule has 0 atom stereocenters. The fourth-order valence-electron chi connectivity index (χ4n) is 0.973. The Kier molecular flexibility index (Phi) is 4.99. The second-order valence-corrected chi connectivity index (χ2v) is 3.26. The Balaban J connectivity index is 2.40. The number of nitrogens with zero attached hydrogens (tertiary/aromatic N) is 2. The summed E-state index contributed by atoms with van der Waals surface area (Å²) in [7, 11) is 0. The molecular weight excluding hydrogens is 228 g/mol. The number of carbonyl (C=O) groups is 1. The maximum atomic E-state index is 10.7. The first-order valence-electron chi connectivity index (χ1n) is 4.48. The quantitative estimate of drug-likeness (QED) is 0.348. The molecule has 0 saturated carbocycles. The normalized spacial score (nSPS) is 9.81. The zero-order valence-electron chi connectivity index (χ0n) is 8.34. The van der Waals surface area contributed by atoms with E-state index < -0.39 is 5.97 Å². The van der Waals surface area contributed by atoms with Crippen molar-refractivity contribution in [3.05, 3.63) is 46.5 Å². The van der Waals surface area contributed by atoms with E-state index >= 15 is 0 Å². The highest BCUT2D eigenvalue weighted by Gasteiger charge is 1.99. The van der Waals surface area contributed by atoms with Crippen LogP contribution in [0.3, 0.4) is 0 Å². The zero-order valence-corrected chi connectivity index (χ0v) is 9.09. The third-order valence-electron chi connectivity index (χ3n) is 1.67. The summed E-state index contributed by atoms with van der Waals surface area (Å²) in [5, 5.41) is 0.669. The number of esters is 1. The van der Waals surface area contributed by atoms with Crippen LogP contribution < -0.4 is 0 Å². The zero-order chi connectivity index (χ0) is 11.8. The van der Waals surface area contributed by atoms with Crippen molar-refractivity contribution in [2.45, 2.75) is 0 Å². The van der Waals surface area contributed by atoms with E-state index in [0.29, 0.717) is 11.2 Å². The van der Waals surface area contributed by atoms with Crippen LogP contribution in [0, 0.1) is 0 Å². The summed E-state index contributed by atoms with van der Waals surface area (Å²) in [6.45, 7) is 0.119. The van der Waals surface area contributed by atoms with Crippen molar-refractivity contribution in [3.63, 3.8) is 0 Å². The predicted octanol–water partition coefficient (Wildman–Crippen LogP) is 2.20. The van der Waals surface area contributed by atoms with Crippen LogP contribution >= 0.6 is 11.6 Å². The average Bonchev–Trinajstić information content (AvgIpc) is 2.27. The van der Waals surface area contributed by atoms with Crippen LogP contribution in [0.1, 0.15) is 5.56 Å². The van der Waals surface area contributed by atoms with Crippen LogP contribution in [0.2, 0.25) is 5.02 Å². The Labute approximate surface area is 97.7 Å². The summed E-state index contributed by atoms with van der Waals surface area (Å²) < 4.78 is 4.67. The Morgan fingerprint density at radius 1 is 1.44 bits per heavy atom. The summed E-state index contributed by atoms with van der Waals surface area (Å²) >= 11 is 5.72. The molecule has 0 heterocycles. The smallest absolute Gasteiger partial charge is 0.413 e. The van der Waals surface area contributed by atoms with Gasteiger partial charge in [0.15, 0.2) is 0 Å². The highest BCUT2D eigenvalue weighted by molar-refractivity contribution is 6.30. The van der Waals surface area contributed by atoms with Gasteiger partial charge in [-0.25, -0.2) is 4.79 Å². The molecule has 0 saturated heterocycles. The lowest BCUT2D eigenvalue weighted by atomic mass is 10.2. The Bertz CT molecular complexity index is 434. The van der Waals surface area contributed by atoms with Crippen molar-refractivity contribution >= 4 is 29.9 Å². The molecule has 0 radical (unpaired) electrons. The van der Waals surface area contributed by atoms with Crippen LogP contribution in [0.25, 0.3) is 11.6 Å². The summed E-state index contributed by atoms with van der Waals surface area (Å²) in [5.74, 6) is -0.691.